The molecule has 0 bridgehead atoms. The second-order valence-corrected chi connectivity index (χ2v) is 6.56. The van der Waals surface area contributed by atoms with E-state index in [-0.39, 0.29) is 17.8 Å². The van der Waals surface area contributed by atoms with Gasteiger partial charge in [0.15, 0.2) is 0 Å². The molecule has 1 spiro atoms. The third-order valence-electron chi connectivity index (χ3n) is 4.93. The Morgan fingerprint density at radius 2 is 2.04 bits per heavy atom. The normalized spacial score (nSPS) is 26.5. The molecule has 0 unspecified atom stereocenters. The topological polar surface area (TPSA) is 63.2 Å². The molecule has 122 valence electrons. The number of alkyl carbamates (subject to hydrolysis) is 1. The highest BCUT2D eigenvalue weighted by Crippen LogP contribution is 2.30. The number of hydrogen-bond acceptors (Lipinski definition) is 5. The van der Waals surface area contributed by atoms with Crippen LogP contribution in [-0.2, 0) is 9.57 Å². The highest BCUT2D eigenvalue weighted by atomic mass is 16.6. The number of amides is 1. The van der Waals surface area contributed by atoms with Gasteiger partial charge in [-0.15, -0.1) is 0 Å². The first kappa shape index (κ1) is 14.5. The molecule has 4 rings (SSSR count). The van der Waals surface area contributed by atoms with Crippen LogP contribution in [0.1, 0.15) is 24.8 Å². The van der Waals surface area contributed by atoms with Crippen LogP contribution in [0.3, 0.4) is 0 Å². The molecule has 3 aliphatic rings. The Kier molecular flexibility index (Phi) is 3.69. The quantitative estimate of drug-likeness (QED) is 0.923. The molecule has 0 aromatic heterocycles. The van der Waals surface area contributed by atoms with Gasteiger partial charge in [0, 0.05) is 38.9 Å². The minimum atomic E-state index is -0.282. The maximum absolute atomic E-state index is 11.3. The highest BCUT2D eigenvalue weighted by Gasteiger charge is 2.43. The first-order valence-corrected chi connectivity index (χ1v) is 8.20. The summed E-state index contributed by atoms with van der Waals surface area (Å²) in [6.07, 6.45) is 2.44. The second-order valence-electron chi connectivity index (χ2n) is 6.56. The maximum atomic E-state index is 11.3. The lowest BCUT2D eigenvalue weighted by Gasteiger charge is -2.37. The van der Waals surface area contributed by atoms with E-state index in [4.69, 9.17) is 9.57 Å². The minimum Gasteiger partial charge on any atom is -0.441 e. The maximum Gasteiger partial charge on any atom is 0.407 e. The summed E-state index contributed by atoms with van der Waals surface area (Å²) in [6.45, 7) is 3.36. The molecule has 1 aromatic carbocycles. The van der Waals surface area contributed by atoms with Crippen molar-refractivity contribution in [2.24, 2.45) is 5.16 Å². The Morgan fingerprint density at radius 1 is 1.26 bits per heavy atom. The SMILES string of the molecule is O=C1NCC2(CCN(C[C@@H]3CC(c4ccccc4)=NO3)CC2)O1. The minimum absolute atomic E-state index is 0.114. The van der Waals surface area contributed by atoms with Crippen LogP contribution in [0.4, 0.5) is 4.79 Å². The number of rotatable bonds is 3. The molecule has 3 aliphatic heterocycles. The number of hydrogen-bond donors (Lipinski definition) is 1. The van der Waals surface area contributed by atoms with E-state index in [1.54, 1.807) is 0 Å². The largest absolute Gasteiger partial charge is 0.441 e. The fourth-order valence-corrected chi connectivity index (χ4v) is 3.54. The highest BCUT2D eigenvalue weighted by molar-refractivity contribution is 6.01. The standard InChI is InChI=1S/C17H21N3O3/c21-16-18-12-17(22-16)6-8-20(9-7-17)11-14-10-15(19-23-14)13-4-2-1-3-5-13/h1-5,14H,6-12H2,(H,18,21)/t14-/m0/s1. The zero-order valence-electron chi connectivity index (χ0n) is 13.0. The van der Waals surface area contributed by atoms with Crippen molar-refractivity contribution in [3.8, 4) is 0 Å². The van der Waals surface area contributed by atoms with Crippen LogP contribution in [0.25, 0.3) is 0 Å². The number of carbonyl (C=O) groups is 1. The zero-order chi connectivity index (χ0) is 15.7. The van der Waals surface area contributed by atoms with Crippen molar-refractivity contribution in [1.82, 2.24) is 10.2 Å². The van der Waals surface area contributed by atoms with Crippen molar-refractivity contribution in [1.29, 1.82) is 0 Å². The van der Waals surface area contributed by atoms with Crippen molar-refractivity contribution >= 4 is 11.8 Å². The first-order chi connectivity index (χ1) is 11.2. The number of likely N-dealkylation sites (tertiary alicyclic amines) is 1. The van der Waals surface area contributed by atoms with Crippen LogP contribution in [0.2, 0.25) is 0 Å². The Morgan fingerprint density at radius 3 is 2.74 bits per heavy atom. The smallest absolute Gasteiger partial charge is 0.407 e. The second kappa shape index (κ2) is 5.85. The summed E-state index contributed by atoms with van der Waals surface area (Å²) < 4.78 is 5.45. The van der Waals surface area contributed by atoms with Gasteiger partial charge >= 0.3 is 6.09 Å². The van der Waals surface area contributed by atoms with Crippen LogP contribution in [0.5, 0.6) is 0 Å². The predicted octanol–water partition coefficient (Wildman–Crippen LogP) is 1.75. The van der Waals surface area contributed by atoms with Crippen LogP contribution >= 0.6 is 0 Å². The number of piperidine rings is 1. The summed E-state index contributed by atoms with van der Waals surface area (Å²) in [4.78, 5) is 19.3. The average molecular weight is 315 g/mol. The Bertz CT molecular complexity index is 609. The van der Waals surface area contributed by atoms with Crippen molar-refractivity contribution < 1.29 is 14.4 Å². The summed E-state index contributed by atoms with van der Waals surface area (Å²) in [5.74, 6) is 0. The number of ether oxygens (including phenoxy) is 1. The third-order valence-corrected chi connectivity index (χ3v) is 4.93. The Balaban J connectivity index is 1.28. The van der Waals surface area contributed by atoms with Gasteiger partial charge in [0.1, 0.15) is 11.7 Å². The molecule has 0 aliphatic carbocycles. The number of carbonyl (C=O) groups excluding carboxylic acids is 1. The van der Waals surface area contributed by atoms with Crippen LogP contribution in [0.15, 0.2) is 35.5 Å². The molecule has 2 fully saturated rings. The number of nitrogens with zero attached hydrogens (tertiary/aromatic N) is 2. The monoisotopic (exact) mass is 315 g/mol. The summed E-state index contributed by atoms with van der Waals surface area (Å²) >= 11 is 0. The van der Waals surface area contributed by atoms with Gasteiger partial charge in [0.05, 0.1) is 12.3 Å². The lowest BCUT2D eigenvalue weighted by Crippen LogP contribution is -2.48. The van der Waals surface area contributed by atoms with Gasteiger partial charge in [-0.25, -0.2) is 4.79 Å². The Hall–Kier alpha value is -2.08. The van der Waals surface area contributed by atoms with Crippen LogP contribution in [-0.4, -0.2) is 54.6 Å². The van der Waals surface area contributed by atoms with Gasteiger partial charge in [0.25, 0.3) is 0 Å². The molecule has 6 nitrogen and oxygen atoms in total. The number of oxime groups is 1. The van der Waals surface area contributed by atoms with Crippen molar-refractivity contribution in [2.45, 2.75) is 31.0 Å². The lowest BCUT2D eigenvalue weighted by atomic mass is 9.91. The first-order valence-electron chi connectivity index (χ1n) is 8.20. The van der Waals surface area contributed by atoms with Crippen LogP contribution < -0.4 is 5.32 Å². The molecular weight excluding hydrogens is 294 g/mol. The van der Waals surface area contributed by atoms with E-state index in [1.165, 1.54) is 0 Å². The van der Waals surface area contributed by atoms with E-state index in [0.29, 0.717) is 6.54 Å². The van der Waals surface area contributed by atoms with E-state index in [0.717, 1.165) is 50.2 Å². The summed E-state index contributed by atoms with van der Waals surface area (Å²) in [5.41, 5.74) is 1.88. The summed E-state index contributed by atoms with van der Waals surface area (Å²) in [6, 6.07) is 10.2. The van der Waals surface area contributed by atoms with Crippen LogP contribution in [0, 0.1) is 0 Å². The van der Waals surface area contributed by atoms with Gasteiger partial charge in [-0.3, -0.25) is 4.90 Å². The van der Waals surface area contributed by atoms with Crippen molar-refractivity contribution in [2.75, 3.05) is 26.2 Å². The summed E-state index contributed by atoms with van der Waals surface area (Å²) in [5, 5.41) is 7.01. The molecule has 6 heteroatoms. The molecule has 0 saturated carbocycles. The molecule has 1 aromatic rings. The van der Waals surface area contributed by atoms with Gasteiger partial charge < -0.3 is 14.9 Å². The predicted molar refractivity (Wildman–Crippen MR) is 85.4 cm³/mol. The van der Waals surface area contributed by atoms with Crippen molar-refractivity contribution in [3.05, 3.63) is 35.9 Å². The van der Waals surface area contributed by atoms with Gasteiger partial charge in [-0.05, 0) is 5.56 Å². The molecule has 23 heavy (non-hydrogen) atoms. The molecule has 3 heterocycles. The molecule has 0 radical (unpaired) electrons. The lowest BCUT2D eigenvalue weighted by molar-refractivity contribution is -0.0164. The Labute approximate surface area is 135 Å². The van der Waals surface area contributed by atoms with E-state index in [9.17, 15) is 4.79 Å². The zero-order valence-corrected chi connectivity index (χ0v) is 13.0. The average Bonchev–Trinajstić information content (AvgIpc) is 3.18. The number of nitrogens with one attached hydrogen (secondary N) is 1. The van der Waals surface area contributed by atoms with E-state index in [2.05, 4.69) is 27.5 Å². The van der Waals surface area contributed by atoms with E-state index >= 15 is 0 Å². The molecular formula is C17H21N3O3. The molecule has 1 amide bonds. The fraction of sp³-hybridized carbons (Fsp3) is 0.529. The molecule has 1 N–H and O–H groups in total. The third kappa shape index (κ3) is 3.03. The number of benzene rings is 1. The van der Waals surface area contributed by atoms with Crippen molar-refractivity contribution in [3.63, 3.8) is 0 Å². The van der Waals surface area contributed by atoms with Gasteiger partial charge in [-0.1, -0.05) is 35.5 Å². The molecule has 2 saturated heterocycles. The van der Waals surface area contributed by atoms with Gasteiger partial charge in [-0.2, -0.15) is 0 Å². The molecule has 1 atom stereocenters. The van der Waals surface area contributed by atoms with E-state index < -0.39 is 0 Å². The van der Waals surface area contributed by atoms with Gasteiger partial charge in [0.2, 0.25) is 0 Å². The fourth-order valence-electron chi connectivity index (χ4n) is 3.54. The van der Waals surface area contributed by atoms with E-state index in [1.807, 2.05) is 18.2 Å². The summed E-state index contributed by atoms with van der Waals surface area (Å²) in [7, 11) is 0.